The van der Waals surface area contributed by atoms with Gasteiger partial charge in [-0.1, -0.05) is 32.1 Å². The summed E-state index contributed by atoms with van der Waals surface area (Å²) in [6, 6.07) is 6.26. The van der Waals surface area contributed by atoms with E-state index in [0.717, 1.165) is 11.3 Å². The fourth-order valence-electron chi connectivity index (χ4n) is 2.30. The van der Waals surface area contributed by atoms with Crippen molar-refractivity contribution < 1.29 is 14.4 Å². The van der Waals surface area contributed by atoms with Crippen LogP contribution >= 0.6 is 0 Å². The van der Waals surface area contributed by atoms with Crippen LogP contribution in [0.3, 0.4) is 0 Å². The molecule has 1 heterocycles. The van der Waals surface area contributed by atoms with Crippen LogP contribution in [-0.4, -0.2) is 29.3 Å². The van der Waals surface area contributed by atoms with Gasteiger partial charge in [0.2, 0.25) is 11.8 Å². The number of urea groups is 1. The van der Waals surface area contributed by atoms with Gasteiger partial charge in [-0.3, -0.25) is 19.8 Å². The van der Waals surface area contributed by atoms with Crippen molar-refractivity contribution in [3.05, 3.63) is 36.5 Å². The van der Waals surface area contributed by atoms with Gasteiger partial charge < -0.3 is 11.1 Å². The van der Waals surface area contributed by atoms with Gasteiger partial charge in [-0.15, -0.1) is 0 Å². The number of nitrogen functional groups attached to an aromatic ring is 1. The Labute approximate surface area is 134 Å². The molecule has 7 nitrogen and oxygen atoms in total. The Bertz CT molecular complexity index is 656. The van der Waals surface area contributed by atoms with Gasteiger partial charge in [0.05, 0.1) is 11.4 Å². The summed E-state index contributed by atoms with van der Waals surface area (Å²) in [5, 5.41) is 5.09. The van der Waals surface area contributed by atoms with E-state index in [0.29, 0.717) is 17.8 Å². The average molecular weight is 316 g/mol. The van der Waals surface area contributed by atoms with Crippen LogP contribution in [0.25, 0.3) is 0 Å². The minimum atomic E-state index is -1.16. The van der Waals surface area contributed by atoms with Crippen LogP contribution in [0.5, 0.6) is 0 Å². The van der Waals surface area contributed by atoms with E-state index >= 15 is 0 Å². The number of benzene rings is 1. The summed E-state index contributed by atoms with van der Waals surface area (Å²) in [6.07, 6.45) is 1.50. The van der Waals surface area contributed by atoms with Gasteiger partial charge in [0.25, 0.3) is 0 Å². The van der Waals surface area contributed by atoms with Crippen LogP contribution in [0.15, 0.2) is 36.5 Å². The molecule has 0 bridgehead atoms. The van der Waals surface area contributed by atoms with E-state index in [1.165, 1.54) is 0 Å². The largest absolute Gasteiger partial charge is 0.397 e. The Hall–Kier alpha value is -2.83. The number of rotatable bonds is 6. The Morgan fingerprint density at radius 3 is 2.70 bits per heavy atom. The van der Waals surface area contributed by atoms with Crippen LogP contribution in [0.4, 0.5) is 16.2 Å². The van der Waals surface area contributed by atoms with Gasteiger partial charge >= 0.3 is 6.03 Å². The minimum Gasteiger partial charge on any atom is -0.397 e. The minimum absolute atomic E-state index is 0.180. The highest BCUT2D eigenvalue weighted by Gasteiger charge is 2.41. The first kappa shape index (κ1) is 16.5. The molecule has 1 aliphatic heterocycles. The summed E-state index contributed by atoms with van der Waals surface area (Å²) >= 11 is 0. The highest BCUT2D eigenvalue weighted by molar-refractivity contribution is 6.18. The Morgan fingerprint density at radius 2 is 2.04 bits per heavy atom. The lowest BCUT2D eigenvalue weighted by Gasteiger charge is -2.31. The Morgan fingerprint density at radius 1 is 1.35 bits per heavy atom. The van der Waals surface area contributed by atoms with Crippen molar-refractivity contribution in [2.45, 2.75) is 19.8 Å². The number of carbonyl (C=O) groups is 3. The number of para-hydroxylation sites is 2. The third-order valence-corrected chi connectivity index (χ3v) is 3.59. The van der Waals surface area contributed by atoms with Crippen LogP contribution in [0.2, 0.25) is 0 Å². The third-order valence-electron chi connectivity index (χ3n) is 3.59. The number of nitrogens with two attached hydrogens (primary N) is 1. The molecular formula is C16H20N4O3. The van der Waals surface area contributed by atoms with Gasteiger partial charge in [-0.25, -0.2) is 4.79 Å². The predicted molar refractivity (Wildman–Crippen MR) is 87.3 cm³/mol. The molecule has 0 radical (unpaired) electrons. The average Bonchev–Trinajstić information content (AvgIpc) is 2.49. The van der Waals surface area contributed by atoms with E-state index < -0.39 is 23.8 Å². The fourth-order valence-corrected chi connectivity index (χ4v) is 2.30. The van der Waals surface area contributed by atoms with Gasteiger partial charge in [-0.2, -0.15) is 0 Å². The molecule has 4 N–H and O–H groups in total. The number of hydrogen-bond acceptors (Lipinski definition) is 5. The molecule has 1 aromatic carbocycles. The number of carbonyl (C=O) groups excluding carboxylic acids is 3. The second-order valence-corrected chi connectivity index (χ2v) is 5.31. The molecule has 1 fully saturated rings. The first-order valence-corrected chi connectivity index (χ1v) is 7.42. The second-order valence-electron chi connectivity index (χ2n) is 5.31. The van der Waals surface area contributed by atoms with Crippen molar-refractivity contribution in [1.82, 2.24) is 10.2 Å². The van der Waals surface area contributed by atoms with Gasteiger partial charge in [0, 0.05) is 12.2 Å². The summed E-state index contributed by atoms with van der Waals surface area (Å²) in [5.74, 6) is -2.41. The van der Waals surface area contributed by atoms with Crippen molar-refractivity contribution in [3.63, 3.8) is 0 Å². The maximum atomic E-state index is 12.5. The standard InChI is InChI=1S/C16H20N4O3/c1-3-4-9-20-15(22)13(14(21)19-16(20)23)10(2)18-12-8-6-5-7-11(12)17/h5-8,13,18H,2-4,9,17H2,1H3,(H,19,21,23)/t13-/m1/s1. The predicted octanol–water partition coefficient (Wildman–Crippen LogP) is 1.69. The van der Waals surface area contributed by atoms with E-state index in [-0.39, 0.29) is 12.2 Å². The highest BCUT2D eigenvalue weighted by Crippen LogP contribution is 2.24. The van der Waals surface area contributed by atoms with Crippen molar-refractivity contribution in [3.8, 4) is 0 Å². The maximum Gasteiger partial charge on any atom is 0.330 e. The first-order chi connectivity index (χ1) is 11.0. The first-order valence-electron chi connectivity index (χ1n) is 7.42. The fraction of sp³-hybridized carbons (Fsp3) is 0.312. The van der Waals surface area contributed by atoms with Crippen molar-refractivity contribution in [2.24, 2.45) is 5.92 Å². The molecule has 4 amide bonds. The molecular weight excluding hydrogens is 296 g/mol. The van der Waals surface area contributed by atoms with Crippen LogP contribution in [0.1, 0.15) is 19.8 Å². The Balaban J connectivity index is 2.17. The molecule has 23 heavy (non-hydrogen) atoms. The summed E-state index contributed by atoms with van der Waals surface area (Å²) in [7, 11) is 0. The molecule has 0 aromatic heterocycles. The SMILES string of the molecule is C=C(Nc1ccccc1N)[C@@H]1C(=O)NC(=O)N(CCCC)C1=O. The van der Waals surface area contributed by atoms with Crippen molar-refractivity contribution in [2.75, 3.05) is 17.6 Å². The van der Waals surface area contributed by atoms with Gasteiger partial charge in [0.15, 0.2) is 5.92 Å². The molecule has 0 saturated carbocycles. The molecule has 1 aromatic rings. The smallest absolute Gasteiger partial charge is 0.330 e. The third kappa shape index (κ3) is 3.50. The van der Waals surface area contributed by atoms with Crippen molar-refractivity contribution >= 4 is 29.2 Å². The Kier molecular flexibility index (Phi) is 5.00. The summed E-state index contributed by atoms with van der Waals surface area (Å²) < 4.78 is 0. The van der Waals surface area contributed by atoms with Crippen LogP contribution in [0, 0.1) is 5.92 Å². The zero-order chi connectivity index (χ0) is 17.0. The number of anilines is 2. The number of imide groups is 2. The number of unbranched alkanes of at least 4 members (excludes halogenated alkanes) is 1. The quantitative estimate of drug-likeness (QED) is 0.547. The summed E-state index contributed by atoms with van der Waals surface area (Å²) in [6.45, 7) is 5.99. The molecule has 0 spiro atoms. The molecule has 122 valence electrons. The van der Waals surface area contributed by atoms with E-state index in [1.54, 1.807) is 24.3 Å². The van der Waals surface area contributed by atoms with Crippen molar-refractivity contribution in [1.29, 1.82) is 0 Å². The number of nitrogens with zero attached hydrogens (tertiary/aromatic N) is 1. The van der Waals surface area contributed by atoms with E-state index in [1.807, 2.05) is 6.92 Å². The van der Waals surface area contributed by atoms with Crippen LogP contribution in [-0.2, 0) is 9.59 Å². The molecule has 1 saturated heterocycles. The molecule has 1 aliphatic rings. The lowest BCUT2D eigenvalue weighted by atomic mass is 10.0. The second kappa shape index (κ2) is 6.95. The monoisotopic (exact) mass is 316 g/mol. The lowest BCUT2D eigenvalue weighted by molar-refractivity contribution is -0.140. The zero-order valence-electron chi connectivity index (χ0n) is 13.0. The molecule has 0 aliphatic carbocycles. The maximum absolute atomic E-state index is 12.5. The molecule has 0 unspecified atom stereocenters. The number of hydrogen-bond donors (Lipinski definition) is 3. The summed E-state index contributed by atoms with van der Waals surface area (Å²) in [4.78, 5) is 37.4. The molecule has 1 atom stereocenters. The number of nitrogens with one attached hydrogen (secondary N) is 2. The van der Waals surface area contributed by atoms with Gasteiger partial charge in [-0.05, 0) is 18.6 Å². The van der Waals surface area contributed by atoms with E-state index in [4.69, 9.17) is 5.73 Å². The number of barbiturate groups is 1. The zero-order valence-corrected chi connectivity index (χ0v) is 13.0. The lowest BCUT2D eigenvalue weighted by Crippen LogP contribution is -2.58. The van der Waals surface area contributed by atoms with Gasteiger partial charge in [0.1, 0.15) is 0 Å². The van der Waals surface area contributed by atoms with E-state index in [9.17, 15) is 14.4 Å². The number of amides is 4. The normalized spacial score (nSPS) is 17.9. The highest BCUT2D eigenvalue weighted by atomic mass is 16.2. The summed E-state index contributed by atoms with van der Waals surface area (Å²) in [5.41, 5.74) is 7.03. The topological polar surface area (TPSA) is 105 Å². The van der Waals surface area contributed by atoms with E-state index in [2.05, 4.69) is 17.2 Å². The molecule has 2 rings (SSSR count). The van der Waals surface area contributed by atoms with Crippen LogP contribution < -0.4 is 16.4 Å². The molecule has 7 heteroatoms.